The van der Waals surface area contributed by atoms with E-state index in [1.165, 1.54) is 24.3 Å². The Bertz CT molecular complexity index is 1700. The Morgan fingerprint density at radius 2 is 1.05 bits per heavy atom. The fourth-order valence-corrected chi connectivity index (χ4v) is 3.99. The molecular formula is C39H42O16. The number of esters is 5. The fraction of sp³-hybridized carbons (Fsp3) is 0.308. The summed E-state index contributed by atoms with van der Waals surface area (Å²) in [5, 5.41) is 0. The first kappa shape index (κ1) is 43.2. The molecule has 3 rings (SSSR count). The molecule has 294 valence electrons. The highest BCUT2D eigenvalue weighted by molar-refractivity contribution is 5.91. The van der Waals surface area contributed by atoms with Crippen molar-refractivity contribution in [3.63, 3.8) is 0 Å². The number of carbonyl (C=O) groups excluding carboxylic acids is 5. The molecule has 0 N–H and O–H groups in total. The Hall–Kier alpha value is -6.23. The van der Waals surface area contributed by atoms with Gasteiger partial charge in [0.1, 0.15) is 55.4 Å². The Balaban J connectivity index is 1.28. The minimum Gasteiger partial charge on any atom is -0.468 e. The third-order valence-corrected chi connectivity index (χ3v) is 6.72. The number of hydrogen-bond acceptors (Lipinski definition) is 16. The highest BCUT2D eigenvalue weighted by Crippen LogP contribution is 2.25. The van der Waals surface area contributed by atoms with Crippen LogP contribution in [-0.4, -0.2) is 89.9 Å². The summed E-state index contributed by atoms with van der Waals surface area (Å²) in [6.45, 7) is 8.30. The first-order valence-electron chi connectivity index (χ1n) is 16.8. The smallest absolute Gasteiger partial charge is 0.343 e. The van der Waals surface area contributed by atoms with E-state index in [0.29, 0.717) is 28.6 Å². The van der Waals surface area contributed by atoms with Gasteiger partial charge in [-0.1, -0.05) is 13.2 Å². The van der Waals surface area contributed by atoms with Crippen LogP contribution < -0.4 is 23.7 Å². The summed E-state index contributed by atoms with van der Waals surface area (Å²) in [5.41, 5.74) is 0.946. The maximum absolute atomic E-state index is 12.7. The van der Waals surface area contributed by atoms with Gasteiger partial charge in [0, 0.05) is 12.2 Å². The zero-order valence-corrected chi connectivity index (χ0v) is 30.2. The van der Waals surface area contributed by atoms with Gasteiger partial charge in [0.25, 0.3) is 0 Å². The van der Waals surface area contributed by atoms with Gasteiger partial charge in [0.05, 0.1) is 38.2 Å². The van der Waals surface area contributed by atoms with Crippen molar-refractivity contribution in [3.05, 3.63) is 103 Å². The lowest BCUT2D eigenvalue weighted by atomic mass is 10.2. The molecule has 0 spiro atoms. The highest BCUT2D eigenvalue weighted by atomic mass is 16.7. The van der Waals surface area contributed by atoms with Gasteiger partial charge in [0.15, 0.2) is 6.79 Å². The SMILES string of the molecule is C=CC(=O)OCCOCOCCC(=O)Oc1ccc(C(=O)Oc2ccc(OCOc3ccc(OCOCCC(=O)OCCOC(=O)C=C)cc3)c(C)c2)cc1. The van der Waals surface area contributed by atoms with E-state index in [9.17, 15) is 24.0 Å². The predicted octanol–water partition coefficient (Wildman–Crippen LogP) is 4.66. The van der Waals surface area contributed by atoms with Crippen molar-refractivity contribution in [3.8, 4) is 28.7 Å². The van der Waals surface area contributed by atoms with Gasteiger partial charge in [-0.15, -0.1) is 0 Å². The van der Waals surface area contributed by atoms with Gasteiger partial charge in [-0.2, -0.15) is 0 Å². The third kappa shape index (κ3) is 17.9. The van der Waals surface area contributed by atoms with Crippen molar-refractivity contribution >= 4 is 29.8 Å². The largest absolute Gasteiger partial charge is 0.468 e. The summed E-state index contributed by atoms with van der Waals surface area (Å²) in [5.74, 6) is -0.672. The lowest BCUT2D eigenvalue weighted by Crippen LogP contribution is -2.15. The zero-order valence-electron chi connectivity index (χ0n) is 30.2. The van der Waals surface area contributed by atoms with E-state index < -0.39 is 29.8 Å². The topological polar surface area (TPSA) is 187 Å². The second kappa shape index (κ2) is 24.9. The monoisotopic (exact) mass is 766 g/mol. The molecule has 0 atom stereocenters. The number of rotatable bonds is 26. The molecule has 0 heterocycles. The van der Waals surface area contributed by atoms with Crippen molar-refractivity contribution in [2.24, 2.45) is 0 Å². The molecule has 0 bridgehead atoms. The molecule has 0 radical (unpaired) electrons. The van der Waals surface area contributed by atoms with Crippen LogP contribution in [0.2, 0.25) is 0 Å². The van der Waals surface area contributed by atoms with Crippen LogP contribution in [0.4, 0.5) is 0 Å². The molecule has 3 aromatic carbocycles. The maximum Gasteiger partial charge on any atom is 0.343 e. The van der Waals surface area contributed by atoms with Crippen molar-refractivity contribution in [1.29, 1.82) is 0 Å². The fourth-order valence-electron chi connectivity index (χ4n) is 3.99. The van der Waals surface area contributed by atoms with Gasteiger partial charge in [-0.3, -0.25) is 9.59 Å². The van der Waals surface area contributed by atoms with Crippen LogP contribution in [0.3, 0.4) is 0 Å². The molecule has 0 saturated carbocycles. The van der Waals surface area contributed by atoms with E-state index in [2.05, 4.69) is 13.2 Å². The van der Waals surface area contributed by atoms with Crippen LogP contribution in [0.1, 0.15) is 28.8 Å². The molecule has 16 nitrogen and oxygen atoms in total. The second-order valence-corrected chi connectivity index (χ2v) is 10.8. The van der Waals surface area contributed by atoms with Crippen LogP contribution in [-0.2, 0) is 47.6 Å². The van der Waals surface area contributed by atoms with Crippen LogP contribution in [0.5, 0.6) is 28.7 Å². The van der Waals surface area contributed by atoms with Gasteiger partial charge >= 0.3 is 29.8 Å². The average Bonchev–Trinajstić information content (AvgIpc) is 3.18. The zero-order chi connectivity index (χ0) is 39.7. The van der Waals surface area contributed by atoms with E-state index in [4.69, 9.17) is 52.1 Å². The molecule has 0 aliphatic heterocycles. The Kier molecular flexibility index (Phi) is 19.6. The van der Waals surface area contributed by atoms with E-state index in [-0.39, 0.29) is 84.2 Å². The normalized spacial score (nSPS) is 10.3. The van der Waals surface area contributed by atoms with Crippen LogP contribution in [0.25, 0.3) is 0 Å². The third-order valence-electron chi connectivity index (χ3n) is 6.72. The van der Waals surface area contributed by atoms with Gasteiger partial charge in [0.2, 0.25) is 6.79 Å². The molecule has 0 amide bonds. The van der Waals surface area contributed by atoms with Crippen molar-refractivity contribution in [1.82, 2.24) is 0 Å². The summed E-state index contributed by atoms with van der Waals surface area (Å²) >= 11 is 0. The van der Waals surface area contributed by atoms with Crippen LogP contribution in [0.15, 0.2) is 92.0 Å². The number of ether oxygens (including phenoxy) is 11. The van der Waals surface area contributed by atoms with Crippen LogP contribution in [0, 0.1) is 6.92 Å². The first-order valence-corrected chi connectivity index (χ1v) is 16.8. The summed E-state index contributed by atoms with van der Waals surface area (Å²) in [7, 11) is 0. The van der Waals surface area contributed by atoms with E-state index in [1.54, 1.807) is 49.4 Å². The van der Waals surface area contributed by atoms with E-state index >= 15 is 0 Å². The molecule has 3 aromatic rings. The van der Waals surface area contributed by atoms with Crippen molar-refractivity contribution in [2.75, 3.05) is 60.0 Å². The summed E-state index contributed by atoms with van der Waals surface area (Å²) in [6, 6.07) is 17.5. The number of hydrogen-bond donors (Lipinski definition) is 0. The second-order valence-electron chi connectivity index (χ2n) is 10.8. The number of carbonyl (C=O) groups is 5. The molecule has 16 heteroatoms. The summed E-state index contributed by atoms with van der Waals surface area (Å²) in [4.78, 5) is 58.3. The Morgan fingerprint density at radius 1 is 0.527 bits per heavy atom. The quantitative estimate of drug-likeness (QED) is 0.0274. The molecule has 0 aliphatic carbocycles. The van der Waals surface area contributed by atoms with Gasteiger partial charge < -0.3 is 52.1 Å². The van der Waals surface area contributed by atoms with Crippen molar-refractivity contribution < 1.29 is 76.1 Å². The maximum atomic E-state index is 12.7. The molecule has 0 aliphatic rings. The minimum absolute atomic E-state index is 0.00848. The summed E-state index contributed by atoms with van der Waals surface area (Å²) < 4.78 is 57.6. The summed E-state index contributed by atoms with van der Waals surface area (Å²) in [6.07, 6.45) is 2.05. The average molecular weight is 767 g/mol. The number of aryl methyl sites for hydroxylation is 1. The minimum atomic E-state index is -0.608. The standard InChI is InChI=1S/C39H42O16/c1-4-35(40)48-21-20-47-25-45-19-17-38(43)54-32-8-6-29(7-9-32)39(44)55-33-14-15-34(28(3)24-33)53-27-52-31-12-10-30(11-13-31)51-26-46-18-16-37(42)50-23-22-49-36(41)5-2/h4-15,24H,1-2,16-23,25-27H2,3H3. The van der Waals surface area contributed by atoms with E-state index in [0.717, 1.165) is 12.2 Å². The van der Waals surface area contributed by atoms with E-state index in [1.807, 2.05) is 0 Å². The molecular weight excluding hydrogens is 724 g/mol. The number of benzene rings is 3. The van der Waals surface area contributed by atoms with Gasteiger partial charge in [-0.25, -0.2) is 14.4 Å². The molecule has 55 heavy (non-hydrogen) atoms. The Morgan fingerprint density at radius 3 is 1.69 bits per heavy atom. The molecule has 0 saturated heterocycles. The molecule has 0 aromatic heterocycles. The lowest BCUT2D eigenvalue weighted by molar-refractivity contribution is -0.151. The molecule has 0 unspecified atom stereocenters. The first-order chi connectivity index (χ1) is 26.7. The molecule has 0 fully saturated rings. The highest BCUT2D eigenvalue weighted by Gasteiger charge is 2.12. The van der Waals surface area contributed by atoms with Crippen molar-refractivity contribution in [2.45, 2.75) is 19.8 Å². The Labute approximate surface area is 317 Å². The predicted molar refractivity (Wildman–Crippen MR) is 192 cm³/mol. The van der Waals surface area contributed by atoms with Crippen LogP contribution >= 0.6 is 0 Å². The van der Waals surface area contributed by atoms with Gasteiger partial charge in [-0.05, 0) is 79.2 Å². The lowest BCUT2D eigenvalue weighted by Gasteiger charge is -2.12.